The van der Waals surface area contributed by atoms with Crippen molar-refractivity contribution >= 4 is 39.3 Å². The Morgan fingerprint density at radius 2 is 1.42 bits per heavy atom. The molecular weight excluding hydrogens is 605 g/mol. The average Bonchev–Trinajstić information content (AvgIpc) is 3.45. The second-order valence-electron chi connectivity index (χ2n) is 12.7. The molecule has 0 fully saturated rings. The van der Waals surface area contributed by atoms with Gasteiger partial charge in [0.05, 0.1) is 16.7 Å². The summed E-state index contributed by atoms with van der Waals surface area (Å²) < 4.78 is 2.28. The lowest BCUT2D eigenvalue weighted by atomic mass is 9.94. The van der Waals surface area contributed by atoms with Gasteiger partial charge in [-0.3, -0.25) is 4.99 Å². The first kappa shape index (κ1) is 33.9. The van der Waals surface area contributed by atoms with Crippen LogP contribution in [0.2, 0.25) is 0 Å². The second kappa shape index (κ2) is 15.5. The first-order valence-electron chi connectivity index (χ1n) is 17.2. The van der Waals surface area contributed by atoms with Crippen LogP contribution in [0.25, 0.3) is 44.7 Å². The maximum absolute atomic E-state index is 4.77. The summed E-state index contributed by atoms with van der Waals surface area (Å²) in [6.07, 6.45) is 15.8. The van der Waals surface area contributed by atoms with Gasteiger partial charge in [0.15, 0.2) is 0 Å². The van der Waals surface area contributed by atoms with E-state index in [1.165, 1.54) is 44.1 Å². The van der Waals surface area contributed by atoms with Crippen molar-refractivity contribution in [2.45, 2.75) is 34.1 Å². The number of para-hydroxylation sites is 1. The highest BCUT2D eigenvalue weighted by molar-refractivity contribution is 6.10. The SMILES string of the molecule is C=C(/C=C(\C=C/C)c1ccc2c(c1)c1ccccc1n2/C=C/C=C\Cc1ccc(C)c(-c2ccccc2C)c1)C(=C)N=C(C)c1ccccc1. The molecule has 0 spiro atoms. The van der Waals surface area contributed by atoms with E-state index in [2.05, 4.69) is 171 Å². The Kier molecular flexibility index (Phi) is 10.5. The summed E-state index contributed by atoms with van der Waals surface area (Å²) in [5.41, 5.74) is 14.4. The summed E-state index contributed by atoms with van der Waals surface area (Å²) in [4.78, 5) is 4.77. The summed E-state index contributed by atoms with van der Waals surface area (Å²) >= 11 is 0. The van der Waals surface area contributed by atoms with Crippen molar-refractivity contribution in [1.82, 2.24) is 4.57 Å². The molecule has 2 heteroatoms. The zero-order valence-corrected chi connectivity index (χ0v) is 29.5. The van der Waals surface area contributed by atoms with Crippen molar-refractivity contribution in [1.29, 1.82) is 0 Å². The largest absolute Gasteiger partial charge is 0.316 e. The van der Waals surface area contributed by atoms with Gasteiger partial charge in [0.1, 0.15) is 0 Å². The van der Waals surface area contributed by atoms with E-state index in [0.717, 1.165) is 39.9 Å². The van der Waals surface area contributed by atoms with Crippen LogP contribution in [0, 0.1) is 13.8 Å². The number of fused-ring (bicyclic) bond motifs is 3. The lowest BCUT2D eigenvalue weighted by molar-refractivity contribution is 1.25. The third kappa shape index (κ3) is 7.51. The number of aliphatic imine (C=N–C) groups is 1. The first-order chi connectivity index (χ1) is 24.3. The Hall–Kier alpha value is -5.99. The Balaban J connectivity index is 1.25. The normalized spacial score (nSPS) is 12.6. The number of nitrogens with zero attached hydrogens (tertiary/aromatic N) is 2. The Labute approximate surface area is 297 Å². The van der Waals surface area contributed by atoms with Crippen LogP contribution in [0.1, 0.15) is 41.7 Å². The Morgan fingerprint density at radius 1 is 0.700 bits per heavy atom. The maximum Gasteiger partial charge on any atom is 0.0627 e. The molecule has 0 unspecified atom stereocenters. The fourth-order valence-electron chi connectivity index (χ4n) is 6.42. The highest BCUT2D eigenvalue weighted by Crippen LogP contribution is 2.33. The van der Waals surface area contributed by atoms with Gasteiger partial charge in [-0.15, -0.1) is 0 Å². The predicted octanol–water partition coefficient (Wildman–Crippen LogP) is 12.9. The summed E-state index contributed by atoms with van der Waals surface area (Å²) in [6, 6.07) is 40.8. The molecule has 0 amide bonds. The molecule has 0 N–H and O–H groups in total. The second-order valence-corrected chi connectivity index (χ2v) is 12.7. The van der Waals surface area contributed by atoms with Gasteiger partial charge in [-0.2, -0.15) is 0 Å². The number of hydrogen-bond acceptors (Lipinski definition) is 1. The molecule has 1 heterocycles. The summed E-state index contributed by atoms with van der Waals surface area (Å²) in [7, 11) is 0. The van der Waals surface area contributed by atoms with Crippen molar-refractivity contribution in [3.63, 3.8) is 0 Å². The standard InChI is InChI=1S/C48H44N2/c1-7-18-41(31-36(4)37(5)49-38(6)40-21-11-8-12-22-40)42-28-29-48-46(33-42)44-24-15-16-25-47(44)50(48)30-17-9-10-20-39-27-26-35(3)45(32-39)43-23-14-13-19-34(43)2/h7-19,21-33H,4-5,20H2,1-3,6H3/b10-9-,18-7-,30-17+,41-31+,49-38?. The molecule has 6 aromatic rings. The van der Waals surface area contributed by atoms with E-state index in [4.69, 9.17) is 4.99 Å². The van der Waals surface area contributed by atoms with Gasteiger partial charge in [0.2, 0.25) is 0 Å². The molecule has 1 aromatic heterocycles. The van der Waals surface area contributed by atoms with Crippen molar-refractivity contribution in [2.24, 2.45) is 4.99 Å². The molecule has 5 aromatic carbocycles. The molecule has 0 bridgehead atoms. The van der Waals surface area contributed by atoms with Crippen molar-refractivity contribution in [3.05, 3.63) is 204 Å². The monoisotopic (exact) mass is 648 g/mol. The summed E-state index contributed by atoms with van der Waals surface area (Å²) in [5, 5.41) is 2.42. The Morgan fingerprint density at radius 3 is 2.22 bits per heavy atom. The van der Waals surface area contributed by atoms with Gasteiger partial charge in [-0.1, -0.05) is 135 Å². The smallest absolute Gasteiger partial charge is 0.0627 e. The molecule has 0 atom stereocenters. The summed E-state index contributed by atoms with van der Waals surface area (Å²) in [6.45, 7) is 17.0. The number of allylic oxidation sites excluding steroid dienone is 7. The van der Waals surface area contributed by atoms with Gasteiger partial charge in [-0.25, -0.2) is 0 Å². The molecule has 246 valence electrons. The molecule has 0 aliphatic carbocycles. The van der Waals surface area contributed by atoms with Gasteiger partial charge >= 0.3 is 0 Å². The van der Waals surface area contributed by atoms with E-state index in [9.17, 15) is 0 Å². The average molecular weight is 649 g/mol. The maximum atomic E-state index is 4.77. The van der Waals surface area contributed by atoms with E-state index in [-0.39, 0.29) is 0 Å². The predicted molar refractivity (Wildman–Crippen MR) is 219 cm³/mol. The molecule has 0 saturated carbocycles. The molecule has 0 saturated heterocycles. The molecular formula is C48H44N2. The van der Waals surface area contributed by atoms with Crippen molar-refractivity contribution in [3.8, 4) is 11.1 Å². The molecule has 2 nitrogen and oxygen atoms in total. The minimum Gasteiger partial charge on any atom is -0.316 e. The number of aryl methyl sites for hydroxylation is 2. The fourth-order valence-corrected chi connectivity index (χ4v) is 6.42. The molecule has 50 heavy (non-hydrogen) atoms. The first-order valence-corrected chi connectivity index (χ1v) is 17.2. The van der Waals surface area contributed by atoms with Crippen LogP contribution in [0.15, 0.2) is 181 Å². The lowest BCUT2D eigenvalue weighted by Gasteiger charge is -2.11. The zero-order chi connectivity index (χ0) is 35.0. The number of aromatic nitrogens is 1. The Bertz CT molecular complexity index is 2350. The number of hydrogen-bond donors (Lipinski definition) is 0. The van der Waals surface area contributed by atoms with Crippen LogP contribution < -0.4 is 0 Å². The minimum atomic E-state index is 0.651. The van der Waals surface area contributed by atoms with Crippen molar-refractivity contribution in [2.75, 3.05) is 0 Å². The number of benzene rings is 5. The molecule has 0 aliphatic heterocycles. The molecule has 0 aliphatic rings. The van der Waals surface area contributed by atoms with Crippen LogP contribution in [-0.2, 0) is 6.42 Å². The van der Waals surface area contributed by atoms with Crippen molar-refractivity contribution < 1.29 is 0 Å². The van der Waals surface area contributed by atoms with E-state index < -0.39 is 0 Å². The number of rotatable bonds is 11. The lowest BCUT2D eigenvalue weighted by Crippen LogP contribution is -1.95. The van der Waals surface area contributed by atoms with Crippen LogP contribution in [0.3, 0.4) is 0 Å². The topological polar surface area (TPSA) is 17.3 Å². The fraction of sp³-hybridized carbons (Fsp3) is 0.104. The highest BCUT2D eigenvalue weighted by atomic mass is 14.9. The quantitative estimate of drug-likeness (QED) is 0.0982. The van der Waals surface area contributed by atoms with Gasteiger partial charge < -0.3 is 4.57 Å². The van der Waals surface area contributed by atoms with Gasteiger partial charge in [-0.05, 0) is 115 Å². The van der Waals surface area contributed by atoms with Crippen LogP contribution in [0.4, 0.5) is 0 Å². The van der Waals surface area contributed by atoms with Crippen LogP contribution in [-0.4, -0.2) is 10.3 Å². The van der Waals surface area contributed by atoms with Crippen LogP contribution in [0.5, 0.6) is 0 Å². The van der Waals surface area contributed by atoms with Gasteiger partial charge in [0.25, 0.3) is 0 Å². The van der Waals surface area contributed by atoms with Gasteiger partial charge in [0, 0.05) is 22.7 Å². The molecule has 6 rings (SSSR count). The zero-order valence-electron chi connectivity index (χ0n) is 29.5. The van der Waals surface area contributed by atoms with E-state index in [1.807, 2.05) is 32.0 Å². The van der Waals surface area contributed by atoms with E-state index in [0.29, 0.717) is 5.70 Å². The van der Waals surface area contributed by atoms with E-state index in [1.54, 1.807) is 0 Å². The third-order valence-electron chi connectivity index (χ3n) is 9.16. The third-order valence-corrected chi connectivity index (χ3v) is 9.16. The highest BCUT2D eigenvalue weighted by Gasteiger charge is 2.11. The van der Waals surface area contributed by atoms with E-state index >= 15 is 0 Å². The van der Waals surface area contributed by atoms with Crippen LogP contribution >= 0.6 is 0 Å². The molecule has 0 radical (unpaired) electrons. The summed E-state index contributed by atoms with van der Waals surface area (Å²) in [5.74, 6) is 0. The minimum absolute atomic E-state index is 0.651.